The fourth-order valence-electron chi connectivity index (χ4n) is 3.31. The second-order valence-corrected chi connectivity index (χ2v) is 5.52. The first kappa shape index (κ1) is 15.0. The van der Waals surface area contributed by atoms with E-state index in [1.54, 1.807) is 4.90 Å². The molecule has 0 aliphatic carbocycles. The Kier molecular flexibility index (Phi) is 5.17. The Morgan fingerprint density at radius 2 is 1.89 bits per heavy atom. The van der Waals surface area contributed by atoms with Crippen LogP contribution in [0.1, 0.15) is 59.3 Å². The van der Waals surface area contributed by atoms with Gasteiger partial charge in [0.2, 0.25) is 11.8 Å². The van der Waals surface area contributed by atoms with Crippen molar-refractivity contribution in [2.75, 3.05) is 6.54 Å². The zero-order chi connectivity index (χ0) is 13.8. The van der Waals surface area contributed by atoms with Crippen LogP contribution in [0, 0.1) is 5.41 Å². The van der Waals surface area contributed by atoms with Gasteiger partial charge in [-0.25, -0.2) is 0 Å². The summed E-state index contributed by atoms with van der Waals surface area (Å²) in [6, 6.07) is -0.423. The lowest BCUT2D eigenvalue weighted by molar-refractivity contribution is -0.136. The number of carbonyl (C=O) groups is 2. The van der Waals surface area contributed by atoms with E-state index < -0.39 is 6.04 Å². The minimum Gasteiger partial charge on any atom is -0.368 e. The first-order valence-corrected chi connectivity index (χ1v) is 7.08. The summed E-state index contributed by atoms with van der Waals surface area (Å²) in [4.78, 5) is 25.3. The van der Waals surface area contributed by atoms with Gasteiger partial charge in [-0.1, -0.05) is 33.6 Å². The molecular formula is C14H26N2O2. The molecule has 0 radical (unpaired) electrons. The van der Waals surface area contributed by atoms with Gasteiger partial charge in [-0.2, -0.15) is 0 Å². The maximum Gasteiger partial charge on any atom is 0.240 e. The number of carbonyl (C=O) groups excluding carboxylic acids is 2. The van der Waals surface area contributed by atoms with E-state index in [-0.39, 0.29) is 17.2 Å². The molecule has 1 aliphatic rings. The Balaban J connectivity index is 2.86. The highest BCUT2D eigenvalue weighted by molar-refractivity contribution is 5.88. The van der Waals surface area contributed by atoms with Crippen LogP contribution in [0.4, 0.5) is 0 Å². The molecule has 0 aromatic carbocycles. The Hall–Kier alpha value is -1.06. The third-order valence-electron chi connectivity index (χ3n) is 4.00. The SMILES string of the molecule is CCCC1(CCC)CC(=O)N([C@@H](CC)C(N)=O)C1. The lowest BCUT2D eigenvalue weighted by Crippen LogP contribution is -2.45. The van der Waals surface area contributed by atoms with Crippen molar-refractivity contribution >= 4 is 11.8 Å². The van der Waals surface area contributed by atoms with Gasteiger partial charge in [0.1, 0.15) is 6.04 Å². The molecule has 2 N–H and O–H groups in total. The molecule has 0 aromatic heterocycles. The molecule has 1 rings (SSSR count). The number of hydrogen-bond donors (Lipinski definition) is 1. The van der Waals surface area contributed by atoms with Crippen LogP contribution in [0.15, 0.2) is 0 Å². The maximum absolute atomic E-state index is 12.2. The Morgan fingerprint density at radius 3 is 2.28 bits per heavy atom. The van der Waals surface area contributed by atoms with Crippen molar-refractivity contribution in [3.05, 3.63) is 0 Å². The third-order valence-corrected chi connectivity index (χ3v) is 4.00. The molecule has 0 bridgehead atoms. The normalized spacial score (nSPS) is 20.2. The van der Waals surface area contributed by atoms with Gasteiger partial charge in [0.05, 0.1) is 0 Å². The molecule has 4 nitrogen and oxygen atoms in total. The number of likely N-dealkylation sites (tertiary alicyclic amines) is 1. The van der Waals surface area contributed by atoms with Crippen molar-refractivity contribution in [2.45, 2.75) is 65.3 Å². The molecule has 1 heterocycles. The first-order chi connectivity index (χ1) is 8.49. The quantitative estimate of drug-likeness (QED) is 0.756. The van der Waals surface area contributed by atoms with Gasteiger partial charge in [0, 0.05) is 13.0 Å². The fourth-order valence-corrected chi connectivity index (χ4v) is 3.31. The zero-order valence-electron chi connectivity index (χ0n) is 11.9. The van der Waals surface area contributed by atoms with Crippen LogP contribution in [-0.4, -0.2) is 29.3 Å². The molecule has 0 unspecified atom stereocenters. The van der Waals surface area contributed by atoms with Crippen molar-refractivity contribution < 1.29 is 9.59 Å². The van der Waals surface area contributed by atoms with E-state index in [9.17, 15) is 9.59 Å². The monoisotopic (exact) mass is 254 g/mol. The predicted octanol–water partition coefficient (Wildman–Crippen LogP) is 2.07. The van der Waals surface area contributed by atoms with Crippen LogP contribution in [0.2, 0.25) is 0 Å². The molecule has 18 heavy (non-hydrogen) atoms. The van der Waals surface area contributed by atoms with E-state index in [4.69, 9.17) is 5.73 Å². The number of hydrogen-bond acceptors (Lipinski definition) is 2. The highest BCUT2D eigenvalue weighted by Crippen LogP contribution is 2.41. The maximum atomic E-state index is 12.2. The Labute approximate surface area is 110 Å². The largest absolute Gasteiger partial charge is 0.368 e. The van der Waals surface area contributed by atoms with E-state index in [1.807, 2.05) is 6.92 Å². The second-order valence-electron chi connectivity index (χ2n) is 5.52. The number of rotatable bonds is 7. The fraction of sp³-hybridized carbons (Fsp3) is 0.857. The smallest absolute Gasteiger partial charge is 0.240 e. The van der Waals surface area contributed by atoms with Crippen molar-refractivity contribution in [3.8, 4) is 0 Å². The molecule has 1 atom stereocenters. The lowest BCUT2D eigenvalue weighted by atomic mass is 9.78. The van der Waals surface area contributed by atoms with Crippen LogP contribution in [-0.2, 0) is 9.59 Å². The predicted molar refractivity (Wildman–Crippen MR) is 71.9 cm³/mol. The molecule has 1 fully saturated rings. The zero-order valence-corrected chi connectivity index (χ0v) is 11.9. The van der Waals surface area contributed by atoms with Gasteiger partial charge in [-0.05, 0) is 24.7 Å². The van der Waals surface area contributed by atoms with E-state index in [0.717, 1.165) is 25.7 Å². The van der Waals surface area contributed by atoms with E-state index >= 15 is 0 Å². The van der Waals surface area contributed by atoms with E-state index in [0.29, 0.717) is 19.4 Å². The van der Waals surface area contributed by atoms with E-state index in [1.165, 1.54) is 0 Å². The molecule has 4 heteroatoms. The van der Waals surface area contributed by atoms with Gasteiger partial charge in [-0.3, -0.25) is 9.59 Å². The standard InChI is InChI=1S/C14H26N2O2/c1-4-7-14(8-5-2)9-12(17)16(10-14)11(6-3)13(15)18/h11H,4-10H2,1-3H3,(H2,15,18)/t11-/m0/s1. The molecule has 1 aliphatic heterocycles. The van der Waals surface area contributed by atoms with Crippen LogP contribution in [0.5, 0.6) is 0 Å². The summed E-state index contributed by atoms with van der Waals surface area (Å²) in [6.07, 6.45) is 5.45. The van der Waals surface area contributed by atoms with Gasteiger partial charge < -0.3 is 10.6 Å². The summed E-state index contributed by atoms with van der Waals surface area (Å²) in [7, 11) is 0. The molecule has 0 saturated carbocycles. The Bertz CT molecular complexity index is 309. The summed E-state index contributed by atoms with van der Waals surface area (Å²) >= 11 is 0. The topological polar surface area (TPSA) is 63.4 Å². The summed E-state index contributed by atoms with van der Waals surface area (Å²) < 4.78 is 0. The highest BCUT2D eigenvalue weighted by atomic mass is 16.2. The first-order valence-electron chi connectivity index (χ1n) is 7.08. The van der Waals surface area contributed by atoms with Crippen molar-refractivity contribution in [3.63, 3.8) is 0 Å². The van der Waals surface area contributed by atoms with Crippen LogP contribution in [0.3, 0.4) is 0 Å². The van der Waals surface area contributed by atoms with Gasteiger partial charge in [0.25, 0.3) is 0 Å². The molecule has 0 spiro atoms. The summed E-state index contributed by atoms with van der Waals surface area (Å²) in [6.45, 7) is 6.91. The van der Waals surface area contributed by atoms with Crippen LogP contribution >= 0.6 is 0 Å². The molecule has 104 valence electrons. The molecule has 2 amide bonds. The summed E-state index contributed by atoms with van der Waals surface area (Å²) in [5, 5.41) is 0. The Morgan fingerprint density at radius 1 is 1.33 bits per heavy atom. The van der Waals surface area contributed by atoms with Crippen LogP contribution in [0.25, 0.3) is 0 Å². The summed E-state index contributed by atoms with van der Waals surface area (Å²) in [5.74, 6) is -0.280. The minimum atomic E-state index is -0.423. The summed E-state index contributed by atoms with van der Waals surface area (Å²) in [5.41, 5.74) is 5.47. The number of nitrogens with two attached hydrogens (primary N) is 1. The third kappa shape index (κ3) is 3.03. The number of amides is 2. The van der Waals surface area contributed by atoms with Gasteiger partial charge in [0.15, 0.2) is 0 Å². The molecule has 0 aromatic rings. The minimum absolute atomic E-state index is 0.0729. The van der Waals surface area contributed by atoms with Crippen molar-refractivity contribution in [1.29, 1.82) is 0 Å². The average molecular weight is 254 g/mol. The highest BCUT2D eigenvalue weighted by Gasteiger charge is 2.44. The molecular weight excluding hydrogens is 228 g/mol. The lowest BCUT2D eigenvalue weighted by Gasteiger charge is -2.30. The molecule has 1 saturated heterocycles. The van der Waals surface area contributed by atoms with Gasteiger partial charge >= 0.3 is 0 Å². The van der Waals surface area contributed by atoms with Crippen LogP contribution < -0.4 is 5.73 Å². The van der Waals surface area contributed by atoms with E-state index in [2.05, 4.69) is 13.8 Å². The van der Waals surface area contributed by atoms with Crippen molar-refractivity contribution in [2.24, 2.45) is 11.1 Å². The average Bonchev–Trinajstić information content (AvgIpc) is 2.57. The van der Waals surface area contributed by atoms with Gasteiger partial charge in [-0.15, -0.1) is 0 Å². The number of nitrogens with zero attached hydrogens (tertiary/aromatic N) is 1. The van der Waals surface area contributed by atoms with Crippen molar-refractivity contribution in [1.82, 2.24) is 4.90 Å². The second kappa shape index (κ2) is 6.21. The number of primary amides is 1.